The lowest BCUT2D eigenvalue weighted by atomic mass is 9.80. The van der Waals surface area contributed by atoms with Gasteiger partial charge in [0.25, 0.3) is 0 Å². The zero-order valence-corrected chi connectivity index (χ0v) is 12.6. The summed E-state index contributed by atoms with van der Waals surface area (Å²) in [5.74, 6) is 1.58. The molecule has 0 saturated heterocycles. The summed E-state index contributed by atoms with van der Waals surface area (Å²) in [6.45, 7) is 6.82. The fraction of sp³-hybridized carbons (Fsp3) is 0.529. The SMILES string of the molecule is CNN=C1CC[C](c2cccc(C(C)(C)C)c2)CC1. The molecule has 1 aromatic rings. The van der Waals surface area contributed by atoms with Crippen molar-refractivity contribution in [2.75, 3.05) is 7.05 Å². The maximum Gasteiger partial charge on any atom is 0.0378 e. The second kappa shape index (κ2) is 5.77. The number of nitrogens with zero attached hydrogens (tertiary/aromatic N) is 1. The minimum Gasteiger partial charge on any atom is -0.313 e. The highest BCUT2D eigenvalue weighted by Gasteiger charge is 2.21. The van der Waals surface area contributed by atoms with Crippen LogP contribution in [0.5, 0.6) is 0 Å². The first-order valence-electron chi connectivity index (χ1n) is 7.18. The normalized spacial score (nSPS) is 17.4. The molecule has 1 aliphatic carbocycles. The van der Waals surface area contributed by atoms with Crippen LogP contribution in [0.25, 0.3) is 0 Å². The largest absolute Gasteiger partial charge is 0.313 e. The molecule has 1 fully saturated rings. The van der Waals surface area contributed by atoms with Crippen LogP contribution in [0.1, 0.15) is 57.6 Å². The van der Waals surface area contributed by atoms with Gasteiger partial charge in [-0.05, 0) is 42.2 Å². The highest BCUT2D eigenvalue weighted by molar-refractivity contribution is 5.85. The zero-order chi connectivity index (χ0) is 13.9. The van der Waals surface area contributed by atoms with Crippen molar-refractivity contribution in [2.45, 2.75) is 51.9 Å². The molecule has 1 radical (unpaired) electrons. The van der Waals surface area contributed by atoms with Crippen LogP contribution in [0, 0.1) is 5.92 Å². The van der Waals surface area contributed by atoms with E-state index in [1.165, 1.54) is 16.8 Å². The highest BCUT2D eigenvalue weighted by Crippen LogP contribution is 2.33. The number of hydrogen-bond donors (Lipinski definition) is 1. The third-order valence-electron chi connectivity index (χ3n) is 3.84. The second-order valence-corrected chi connectivity index (χ2v) is 6.34. The first kappa shape index (κ1) is 14.1. The van der Waals surface area contributed by atoms with Crippen molar-refractivity contribution in [3.05, 3.63) is 41.3 Å². The van der Waals surface area contributed by atoms with Gasteiger partial charge in [0.1, 0.15) is 0 Å². The topological polar surface area (TPSA) is 24.4 Å². The van der Waals surface area contributed by atoms with Crippen LogP contribution in [0.2, 0.25) is 0 Å². The van der Waals surface area contributed by atoms with Crippen LogP contribution < -0.4 is 5.43 Å². The third-order valence-corrected chi connectivity index (χ3v) is 3.84. The van der Waals surface area contributed by atoms with Gasteiger partial charge in [-0.2, -0.15) is 5.10 Å². The Labute approximate surface area is 117 Å². The zero-order valence-electron chi connectivity index (χ0n) is 12.6. The lowest BCUT2D eigenvalue weighted by Crippen LogP contribution is -2.17. The van der Waals surface area contributed by atoms with Gasteiger partial charge in [-0.25, -0.2) is 0 Å². The maximum atomic E-state index is 4.32. The molecule has 0 spiro atoms. The Balaban J connectivity index is 2.10. The Hall–Kier alpha value is -1.31. The van der Waals surface area contributed by atoms with Gasteiger partial charge in [0.15, 0.2) is 0 Å². The van der Waals surface area contributed by atoms with Crippen molar-refractivity contribution in [3.63, 3.8) is 0 Å². The first-order valence-corrected chi connectivity index (χ1v) is 7.18. The molecule has 0 bridgehead atoms. The van der Waals surface area contributed by atoms with E-state index in [0.717, 1.165) is 25.7 Å². The van der Waals surface area contributed by atoms with Gasteiger partial charge >= 0.3 is 0 Å². The van der Waals surface area contributed by atoms with E-state index in [1.54, 1.807) is 5.92 Å². The summed E-state index contributed by atoms with van der Waals surface area (Å²) in [5.41, 5.74) is 7.28. The van der Waals surface area contributed by atoms with Gasteiger partial charge in [-0.15, -0.1) is 0 Å². The summed E-state index contributed by atoms with van der Waals surface area (Å²) in [7, 11) is 1.87. The lowest BCUT2D eigenvalue weighted by molar-refractivity contribution is 0.588. The molecule has 0 unspecified atom stereocenters. The number of hydrogen-bond acceptors (Lipinski definition) is 2. The van der Waals surface area contributed by atoms with E-state index in [4.69, 9.17) is 0 Å². The molecule has 19 heavy (non-hydrogen) atoms. The van der Waals surface area contributed by atoms with Crippen LogP contribution in [0.3, 0.4) is 0 Å². The van der Waals surface area contributed by atoms with E-state index >= 15 is 0 Å². The summed E-state index contributed by atoms with van der Waals surface area (Å²) in [5, 5.41) is 4.32. The molecule has 103 valence electrons. The second-order valence-electron chi connectivity index (χ2n) is 6.34. The minimum absolute atomic E-state index is 0.226. The van der Waals surface area contributed by atoms with Crippen molar-refractivity contribution >= 4 is 5.71 Å². The molecule has 2 rings (SSSR count). The van der Waals surface area contributed by atoms with E-state index in [1.807, 2.05) is 7.05 Å². The Morgan fingerprint density at radius 2 is 1.74 bits per heavy atom. The quantitative estimate of drug-likeness (QED) is 0.794. The van der Waals surface area contributed by atoms with Gasteiger partial charge in [0.2, 0.25) is 0 Å². The van der Waals surface area contributed by atoms with Gasteiger partial charge in [0, 0.05) is 18.7 Å². The minimum atomic E-state index is 0.226. The predicted molar refractivity (Wildman–Crippen MR) is 82.4 cm³/mol. The van der Waals surface area contributed by atoms with Gasteiger partial charge in [-0.3, -0.25) is 0 Å². The number of benzene rings is 1. The van der Waals surface area contributed by atoms with E-state index in [2.05, 4.69) is 55.6 Å². The Morgan fingerprint density at radius 3 is 2.32 bits per heavy atom. The molecule has 0 aromatic heterocycles. The van der Waals surface area contributed by atoms with Crippen molar-refractivity contribution in [2.24, 2.45) is 5.10 Å². The molecule has 2 heteroatoms. The van der Waals surface area contributed by atoms with E-state index in [9.17, 15) is 0 Å². The fourth-order valence-corrected chi connectivity index (χ4v) is 2.60. The van der Waals surface area contributed by atoms with Crippen LogP contribution in [0.4, 0.5) is 0 Å². The predicted octanol–water partition coefficient (Wildman–Crippen LogP) is 4.06. The average molecular weight is 257 g/mol. The molecule has 0 amide bonds. The Bertz CT molecular complexity index is 445. The summed E-state index contributed by atoms with van der Waals surface area (Å²) in [6.07, 6.45) is 4.48. The molecule has 1 saturated carbocycles. The van der Waals surface area contributed by atoms with Crippen LogP contribution in [-0.2, 0) is 5.41 Å². The average Bonchev–Trinajstić information content (AvgIpc) is 2.39. The van der Waals surface area contributed by atoms with E-state index < -0.39 is 0 Å². The first-order chi connectivity index (χ1) is 9.00. The van der Waals surface area contributed by atoms with Crippen LogP contribution in [-0.4, -0.2) is 12.8 Å². The third kappa shape index (κ3) is 3.59. The molecule has 0 heterocycles. The number of rotatable bonds is 2. The maximum absolute atomic E-state index is 4.32. The van der Waals surface area contributed by atoms with Crippen LogP contribution in [0.15, 0.2) is 29.4 Å². The van der Waals surface area contributed by atoms with Crippen molar-refractivity contribution in [3.8, 4) is 0 Å². The monoisotopic (exact) mass is 257 g/mol. The van der Waals surface area contributed by atoms with Crippen molar-refractivity contribution in [1.82, 2.24) is 5.43 Å². The van der Waals surface area contributed by atoms with Crippen LogP contribution >= 0.6 is 0 Å². The highest BCUT2D eigenvalue weighted by atomic mass is 15.3. The molecule has 2 nitrogen and oxygen atoms in total. The Kier molecular flexibility index (Phi) is 4.28. The summed E-state index contributed by atoms with van der Waals surface area (Å²) in [4.78, 5) is 0. The van der Waals surface area contributed by atoms with E-state index in [0.29, 0.717) is 0 Å². The number of nitrogens with one attached hydrogen (secondary N) is 1. The molecule has 1 aliphatic rings. The van der Waals surface area contributed by atoms with E-state index in [-0.39, 0.29) is 5.41 Å². The molecular formula is C17H25N2. The van der Waals surface area contributed by atoms with Gasteiger partial charge < -0.3 is 5.43 Å². The fourth-order valence-electron chi connectivity index (χ4n) is 2.60. The molecule has 1 N–H and O–H groups in total. The van der Waals surface area contributed by atoms with Gasteiger partial charge in [-0.1, -0.05) is 45.0 Å². The molecular weight excluding hydrogens is 232 g/mol. The van der Waals surface area contributed by atoms with Gasteiger partial charge in [0.05, 0.1) is 0 Å². The van der Waals surface area contributed by atoms with Crippen molar-refractivity contribution in [1.29, 1.82) is 0 Å². The standard InChI is InChI=1S/C17H25N2/c1-17(2,3)15-7-5-6-14(12-15)13-8-10-16(11-9-13)19-18-4/h5-7,12,18H,8-11H2,1-4H3. The summed E-state index contributed by atoms with van der Waals surface area (Å²) < 4.78 is 0. The molecule has 1 aromatic carbocycles. The lowest BCUT2D eigenvalue weighted by Gasteiger charge is -2.25. The molecule has 0 atom stereocenters. The Morgan fingerprint density at radius 1 is 1.05 bits per heavy atom. The van der Waals surface area contributed by atoms with Crippen molar-refractivity contribution < 1.29 is 0 Å². The summed E-state index contributed by atoms with van der Waals surface area (Å²) in [6, 6.07) is 9.06. The smallest absolute Gasteiger partial charge is 0.0378 e. The number of hydrazone groups is 1. The molecule has 0 aliphatic heterocycles. The summed E-state index contributed by atoms with van der Waals surface area (Å²) >= 11 is 0.